The summed E-state index contributed by atoms with van der Waals surface area (Å²) in [7, 11) is 0. The number of amides is 1. The van der Waals surface area contributed by atoms with Crippen molar-refractivity contribution >= 4 is 5.91 Å². The number of carbonyl (C=O) groups excluding carboxylic acids is 1. The molecular weight excluding hydrogens is 372 g/mol. The number of hydrogen-bond acceptors (Lipinski definition) is 3. The maximum absolute atomic E-state index is 13.6. The fraction of sp³-hybridized carbons (Fsp3) is 0.269. The van der Waals surface area contributed by atoms with Gasteiger partial charge in [-0.05, 0) is 16.7 Å². The van der Waals surface area contributed by atoms with E-state index in [-0.39, 0.29) is 17.9 Å². The van der Waals surface area contributed by atoms with Gasteiger partial charge in [0.05, 0.1) is 25.2 Å². The number of morpholine rings is 1. The van der Waals surface area contributed by atoms with E-state index in [1.807, 2.05) is 78.9 Å². The molecule has 0 aromatic heterocycles. The first-order valence-corrected chi connectivity index (χ1v) is 10.6. The molecule has 1 aliphatic heterocycles. The van der Waals surface area contributed by atoms with E-state index in [4.69, 9.17) is 4.74 Å². The van der Waals surface area contributed by atoms with Crippen LogP contribution in [0.2, 0.25) is 0 Å². The molecule has 0 aliphatic carbocycles. The highest BCUT2D eigenvalue weighted by Gasteiger charge is 2.26. The van der Waals surface area contributed by atoms with E-state index in [1.165, 1.54) is 0 Å². The van der Waals surface area contributed by atoms with Gasteiger partial charge in [-0.15, -0.1) is 0 Å². The summed E-state index contributed by atoms with van der Waals surface area (Å²) in [6.07, 6.45) is 0. The summed E-state index contributed by atoms with van der Waals surface area (Å²) in [4.78, 5) is 16.0. The van der Waals surface area contributed by atoms with E-state index in [9.17, 15) is 4.79 Å². The second-order valence-electron chi connectivity index (χ2n) is 7.64. The van der Waals surface area contributed by atoms with Crippen molar-refractivity contribution in [3.05, 3.63) is 108 Å². The highest BCUT2D eigenvalue weighted by atomic mass is 16.5. The summed E-state index contributed by atoms with van der Waals surface area (Å²) < 4.78 is 5.49. The molecule has 1 N–H and O–H groups in total. The van der Waals surface area contributed by atoms with Crippen molar-refractivity contribution in [3.63, 3.8) is 0 Å². The Labute approximate surface area is 178 Å². The van der Waals surface area contributed by atoms with Crippen molar-refractivity contribution in [2.45, 2.75) is 12.0 Å². The van der Waals surface area contributed by atoms with Crippen LogP contribution < -0.4 is 5.32 Å². The zero-order valence-electron chi connectivity index (χ0n) is 17.1. The largest absolute Gasteiger partial charge is 0.379 e. The second-order valence-corrected chi connectivity index (χ2v) is 7.64. The average Bonchev–Trinajstić information content (AvgIpc) is 2.81. The molecule has 1 aliphatic rings. The third kappa shape index (κ3) is 5.15. The molecule has 1 heterocycles. The van der Waals surface area contributed by atoms with Crippen molar-refractivity contribution in [1.82, 2.24) is 10.2 Å². The summed E-state index contributed by atoms with van der Waals surface area (Å²) in [5.74, 6) is -0.321. The normalized spacial score (nSPS) is 15.6. The Hall–Kier alpha value is -2.95. The molecule has 1 fully saturated rings. The Morgan fingerprint density at radius 3 is 1.73 bits per heavy atom. The zero-order chi connectivity index (χ0) is 20.6. The van der Waals surface area contributed by atoms with Crippen LogP contribution in [0.5, 0.6) is 0 Å². The van der Waals surface area contributed by atoms with Gasteiger partial charge in [0, 0.05) is 19.6 Å². The maximum Gasteiger partial charge on any atom is 0.232 e. The molecule has 1 amide bonds. The summed E-state index contributed by atoms with van der Waals surface area (Å²) in [6.45, 7) is 4.04. The van der Waals surface area contributed by atoms with E-state index in [0.29, 0.717) is 0 Å². The minimum atomic E-state index is -0.344. The number of nitrogens with zero attached hydrogens (tertiary/aromatic N) is 1. The maximum atomic E-state index is 13.6. The van der Waals surface area contributed by atoms with Crippen LogP contribution in [0.3, 0.4) is 0 Å². The molecule has 4 heteroatoms. The molecule has 0 saturated carbocycles. The fourth-order valence-electron chi connectivity index (χ4n) is 4.00. The number of ether oxygens (including phenoxy) is 1. The van der Waals surface area contributed by atoms with Gasteiger partial charge < -0.3 is 10.1 Å². The van der Waals surface area contributed by atoms with Gasteiger partial charge >= 0.3 is 0 Å². The third-order valence-electron chi connectivity index (χ3n) is 5.59. The molecule has 1 saturated heterocycles. The summed E-state index contributed by atoms with van der Waals surface area (Å²) in [6, 6.07) is 30.2. The smallest absolute Gasteiger partial charge is 0.232 e. The van der Waals surface area contributed by atoms with Crippen LogP contribution in [-0.2, 0) is 9.53 Å². The van der Waals surface area contributed by atoms with Crippen molar-refractivity contribution in [1.29, 1.82) is 0 Å². The fourth-order valence-corrected chi connectivity index (χ4v) is 4.00. The Morgan fingerprint density at radius 2 is 1.23 bits per heavy atom. The van der Waals surface area contributed by atoms with Crippen LogP contribution in [0.15, 0.2) is 91.0 Å². The van der Waals surface area contributed by atoms with Gasteiger partial charge in [-0.1, -0.05) is 91.0 Å². The van der Waals surface area contributed by atoms with Gasteiger partial charge in [-0.25, -0.2) is 0 Å². The molecule has 0 radical (unpaired) electrons. The summed E-state index contributed by atoms with van der Waals surface area (Å²) in [5, 5.41) is 3.36. The van der Waals surface area contributed by atoms with Gasteiger partial charge in [-0.3, -0.25) is 9.69 Å². The molecule has 0 spiro atoms. The Bertz CT molecular complexity index is 870. The zero-order valence-corrected chi connectivity index (χ0v) is 17.1. The van der Waals surface area contributed by atoms with Gasteiger partial charge in [0.2, 0.25) is 5.91 Å². The molecule has 30 heavy (non-hydrogen) atoms. The van der Waals surface area contributed by atoms with Crippen molar-refractivity contribution in [2.75, 3.05) is 32.8 Å². The minimum absolute atomic E-state index is 0.0227. The van der Waals surface area contributed by atoms with Crippen molar-refractivity contribution in [3.8, 4) is 0 Å². The van der Waals surface area contributed by atoms with Gasteiger partial charge in [0.25, 0.3) is 0 Å². The topological polar surface area (TPSA) is 41.6 Å². The van der Waals surface area contributed by atoms with Crippen molar-refractivity contribution in [2.24, 2.45) is 0 Å². The van der Waals surface area contributed by atoms with Crippen LogP contribution in [0.4, 0.5) is 0 Å². The Morgan fingerprint density at radius 1 is 0.767 bits per heavy atom. The quantitative estimate of drug-likeness (QED) is 0.652. The average molecular weight is 401 g/mol. The van der Waals surface area contributed by atoms with Crippen LogP contribution in [0.1, 0.15) is 28.7 Å². The number of carbonyl (C=O) groups is 1. The molecule has 3 aromatic rings. The van der Waals surface area contributed by atoms with Crippen LogP contribution >= 0.6 is 0 Å². The first kappa shape index (κ1) is 20.3. The van der Waals surface area contributed by atoms with Crippen LogP contribution in [0, 0.1) is 0 Å². The van der Waals surface area contributed by atoms with Crippen LogP contribution in [-0.4, -0.2) is 43.7 Å². The lowest BCUT2D eigenvalue weighted by atomic mass is 9.90. The lowest BCUT2D eigenvalue weighted by Crippen LogP contribution is -2.44. The lowest BCUT2D eigenvalue weighted by Gasteiger charge is -2.32. The summed E-state index contributed by atoms with van der Waals surface area (Å²) in [5.41, 5.74) is 3.12. The number of hydrogen-bond donors (Lipinski definition) is 1. The van der Waals surface area contributed by atoms with E-state index < -0.39 is 0 Å². The number of benzene rings is 3. The Kier molecular flexibility index (Phi) is 6.91. The van der Waals surface area contributed by atoms with Gasteiger partial charge in [0.1, 0.15) is 0 Å². The first-order valence-electron chi connectivity index (χ1n) is 10.6. The third-order valence-corrected chi connectivity index (χ3v) is 5.59. The van der Waals surface area contributed by atoms with Crippen molar-refractivity contribution < 1.29 is 9.53 Å². The molecule has 1 unspecified atom stereocenters. The second kappa shape index (κ2) is 10.2. The molecule has 0 bridgehead atoms. The van der Waals surface area contributed by atoms with Gasteiger partial charge in [-0.2, -0.15) is 0 Å². The molecule has 4 rings (SSSR count). The highest BCUT2D eigenvalue weighted by Crippen LogP contribution is 2.26. The van der Waals surface area contributed by atoms with Crippen LogP contribution in [0.25, 0.3) is 0 Å². The standard InChI is InChI=1S/C26H28N2O2/c29-26(25(22-12-6-2-7-13-22)23-14-8-3-9-15-23)27-24(21-10-4-1-5-11-21)20-28-16-18-30-19-17-28/h1-15,24-25H,16-20H2,(H,27,29). The molecule has 3 aromatic carbocycles. The number of rotatable bonds is 7. The monoisotopic (exact) mass is 400 g/mol. The Balaban J connectivity index is 1.60. The van der Waals surface area contributed by atoms with E-state index in [1.54, 1.807) is 0 Å². The molecule has 1 atom stereocenters. The predicted molar refractivity (Wildman–Crippen MR) is 119 cm³/mol. The number of nitrogens with one attached hydrogen (secondary N) is 1. The van der Waals surface area contributed by atoms with Gasteiger partial charge in [0.15, 0.2) is 0 Å². The predicted octanol–water partition coefficient (Wildman–Crippen LogP) is 4.01. The SMILES string of the molecule is O=C(NC(CN1CCOCC1)c1ccccc1)C(c1ccccc1)c1ccccc1. The van der Waals surface area contributed by atoms with E-state index in [0.717, 1.165) is 49.5 Å². The molecule has 154 valence electrons. The van der Waals surface area contributed by atoms with E-state index in [2.05, 4.69) is 22.3 Å². The first-order chi connectivity index (χ1) is 14.8. The minimum Gasteiger partial charge on any atom is -0.379 e. The van der Waals surface area contributed by atoms with E-state index >= 15 is 0 Å². The molecule has 4 nitrogen and oxygen atoms in total. The molecular formula is C26H28N2O2. The summed E-state index contributed by atoms with van der Waals surface area (Å²) >= 11 is 0. The lowest BCUT2D eigenvalue weighted by molar-refractivity contribution is -0.122. The highest BCUT2D eigenvalue weighted by molar-refractivity contribution is 5.87.